The molecule has 17 heavy (non-hydrogen) atoms. The first kappa shape index (κ1) is 22.6. The van der Waals surface area contributed by atoms with Gasteiger partial charge >= 0.3 is 26.2 Å². The van der Waals surface area contributed by atoms with E-state index in [0.29, 0.717) is 0 Å². The SMILES string of the molecule is CCC1=[C-]CC=C1.CCC1=[C-]CC=C1.Cl.Cl.[Zr+2]. The molecule has 0 aromatic heterocycles. The summed E-state index contributed by atoms with van der Waals surface area (Å²) in [6.45, 7) is 4.30. The molecule has 0 spiro atoms. The summed E-state index contributed by atoms with van der Waals surface area (Å²) in [5.74, 6) is 0. The first-order chi connectivity index (χ1) is 6.86. The van der Waals surface area contributed by atoms with Gasteiger partial charge in [0.25, 0.3) is 0 Å². The Kier molecular flexibility index (Phi) is 19.2. The van der Waals surface area contributed by atoms with Crippen LogP contribution in [0.1, 0.15) is 39.5 Å². The van der Waals surface area contributed by atoms with Crippen LogP contribution in [0.2, 0.25) is 0 Å². The zero-order chi connectivity index (χ0) is 10.2. The molecule has 3 heteroatoms. The van der Waals surface area contributed by atoms with Crippen LogP contribution in [-0.2, 0) is 26.2 Å². The van der Waals surface area contributed by atoms with Gasteiger partial charge in [-0.3, -0.25) is 12.2 Å². The Morgan fingerprint density at radius 2 is 1.24 bits per heavy atom. The maximum absolute atomic E-state index is 3.21. The second-order valence-corrected chi connectivity index (χ2v) is 3.32. The molecule has 0 saturated heterocycles. The molecule has 0 N–H and O–H groups in total. The molecular weight excluding hydrogens is 330 g/mol. The molecule has 0 fully saturated rings. The van der Waals surface area contributed by atoms with Crippen LogP contribution in [0.4, 0.5) is 0 Å². The standard InChI is InChI=1S/2C7H9.2ClH.Zr/c2*1-2-7-5-3-4-6-7;;;/h2*3,5H,2,4H2,1H3;2*1H;/q2*-1;;;+2. The topological polar surface area (TPSA) is 0 Å². The Morgan fingerprint density at radius 1 is 0.882 bits per heavy atom. The molecule has 0 radical (unpaired) electrons. The molecule has 0 atom stereocenters. The van der Waals surface area contributed by atoms with E-state index in [1.54, 1.807) is 0 Å². The van der Waals surface area contributed by atoms with Gasteiger partial charge in [-0.15, -0.1) is 37.7 Å². The van der Waals surface area contributed by atoms with Crippen LogP contribution >= 0.6 is 24.8 Å². The minimum atomic E-state index is 0. The van der Waals surface area contributed by atoms with Crippen molar-refractivity contribution in [3.05, 3.63) is 47.6 Å². The van der Waals surface area contributed by atoms with Crippen molar-refractivity contribution in [2.24, 2.45) is 0 Å². The molecule has 0 saturated carbocycles. The van der Waals surface area contributed by atoms with Gasteiger partial charge in [-0.05, 0) is 0 Å². The molecule has 2 aliphatic carbocycles. The third kappa shape index (κ3) is 10.1. The minimum absolute atomic E-state index is 0. The molecule has 0 aromatic carbocycles. The van der Waals surface area contributed by atoms with Gasteiger partial charge < -0.3 is 0 Å². The van der Waals surface area contributed by atoms with Crippen LogP contribution < -0.4 is 0 Å². The predicted molar refractivity (Wildman–Crippen MR) is 76.1 cm³/mol. The Morgan fingerprint density at radius 3 is 1.35 bits per heavy atom. The summed E-state index contributed by atoms with van der Waals surface area (Å²) < 4.78 is 0. The second-order valence-electron chi connectivity index (χ2n) is 3.32. The average Bonchev–Trinajstić information content (AvgIpc) is 2.92. The quantitative estimate of drug-likeness (QED) is 0.614. The Hall–Kier alpha value is 0.423. The van der Waals surface area contributed by atoms with Gasteiger partial charge in [0.05, 0.1) is 0 Å². The summed E-state index contributed by atoms with van der Waals surface area (Å²) in [6, 6.07) is 0. The van der Waals surface area contributed by atoms with Crippen LogP contribution in [0, 0.1) is 12.2 Å². The van der Waals surface area contributed by atoms with Crippen molar-refractivity contribution in [2.45, 2.75) is 39.5 Å². The zero-order valence-electron chi connectivity index (χ0n) is 10.5. The van der Waals surface area contributed by atoms with Crippen molar-refractivity contribution in [1.82, 2.24) is 0 Å². The van der Waals surface area contributed by atoms with Crippen molar-refractivity contribution in [1.29, 1.82) is 0 Å². The van der Waals surface area contributed by atoms with Crippen molar-refractivity contribution in [3.63, 3.8) is 0 Å². The van der Waals surface area contributed by atoms with Crippen molar-refractivity contribution in [2.75, 3.05) is 0 Å². The molecule has 2 aliphatic rings. The number of rotatable bonds is 2. The second kappa shape index (κ2) is 14.5. The molecule has 0 heterocycles. The third-order valence-electron chi connectivity index (χ3n) is 2.29. The van der Waals surface area contributed by atoms with Crippen molar-refractivity contribution >= 4 is 24.8 Å². The third-order valence-corrected chi connectivity index (χ3v) is 2.29. The molecule has 0 unspecified atom stereocenters. The van der Waals surface area contributed by atoms with E-state index >= 15 is 0 Å². The minimum Gasteiger partial charge on any atom is -0.270 e. The van der Waals surface area contributed by atoms with Crippen LogP contribution in [0.15, 0.2) is 35.5 Å². The van der Waals surface area contributed by atoms with Crippen LogP contribution in [0.25, 0.3) is 0 Å². The summed E-state index contributed by atoms with van der Waals surface area (Å²) in [5.41, 5.74) is 2.72. The summed E-state index contributed by atoms with van der Waals surface area (Å²) in [7, 11) is 0. The van der Waals surface area contributed by atoms with Gasteiger partial charge in [-0.1, -0.05) is 26.7 Å². The fourth-order valence-electron chi connectivity index (χ4n) is 1.39. The maximum Gasteiger partial charge on any atom is 2.00 e. The summed E-state index contributed by atoms with van der Waals surface area (Å²) in [5, 5.41) is 0. The molecule has 2 rings (SSSR count). The molecule has 94 valence electrons. The number of hydrogen-bond donors (Lipinski definition) is 0. The molecule has 0 nitrogen and oxygen atoms in total. The zero-order valence-corrected chi connectivity index (χ0v) is 14.5. The number of hydrogen-bond acceptors (Lipinski definition) is 0. The van der Waals surface area contributed by atoms with E-state index in [0.717, 1.165) is 25.7 Å². The molecule has 0 bridgehead atoms. The van der Waals surface area contributed by atoms with E-state index in [1.165, 1.54) is 11.1 Å². The fraction of sp³-hybridized carbons (Fsp3) is 0.429. The van der Waals surface area contributed by atoms with E-state index < -0.39 is 0 Å². The summed E-state index contributed by atoms with van der Waals surface area (Å²) in [4.78, 5) is 0. The number of allylic oxidation sites excluding steroid dienone is 8. The molecule has 0 aliphatic heterocycles. The first-order valence-corrected chi connectivity index (χ1v) is 5.39. The molecular formula is C14H20Cl2Zr. The van der Waals surface area contributed by atoms with Crippen LogP contribution in [-0.4, -0.2) is 0 Å². The van der Waals surface area contributed by atoms with Gasteiger partial charge in [0.1, 0.15) is 0 Å². The van der Waals surface area contributed by atoms with Crippen molar-refractivity contribution < 1.29 is 26.2 Å². The van der Waals surface area contributed by atoms with Crippen molar-refractivity contribution in [3.8, 4) is 0 Å². The average molecular weight is 350 g/mol. The van der Waals surface area contributed by atoms with E-state index in [-0.39, 0.29) is 51.0 Å². The van der Waals surface area contributed by atoms with Gasteiger partial charge in [0, 0.05) is 0 Å². The molecule has 0 aromatic rings. The Labute approximate surface area is 137 Å². The van der Waals surface area contributed by atoms with Crippen LogP contribution in [0.5, 0.6) is 0 Å². The van der Waals surface area contributed by atoms with E-state index in [1.807, 2.05) is 0 Å². The predicted octanol–water partition coefficient (Wildman–Crippen LogP) is 5.01. The smallest absolute Gasteiger partial charge is 0.270 e. The van der Waals surface area contributed by atoms with E-state index in [2.05, 4.69) is 50.3 Å². The van der Waals surface area contributed by atoms with Gasteiger partial charge in [-0.2, -0.15) is 12.2 Å². The Balaban J connectivity index is -0.000000196. The Bertz CT molecular complexity index is 259. The number of halogens is 2. The fourth-order valence-corrected chi connectivity index (χ4v) is 1.39. The maximum atomic E-state index is 3.21. The summed E-state index contributed by atoms with van der Waals surface area (Å²) in [6.07, 6.45) is 19.3. The van der Waals surface area contributed by atoms with Gasteiger partial charge in [0.15, 0.2) is 0 Å². The van der Waals surface area contributed by atoms with E-state index in [9.17, 15) is 0 Å². The largest absolute Gasteiger partial charge is 2.00 e. The summed E-state index contributed by atoms with van der Waals surface area (Å²) >= 11 is 0. The van der Waals surface area contributed by atoms with Gasteiger partial charge in [-0.25, -0.2) is 23.3 Å². The van der Waals surface area contributed by atoms with Gasteiger partial charge in [0.2, 0.25) is 0 Å². The first-order valence-electron chi connectivity index (χ1n) is 5.39. The van der Waals surface area contributed by atoms with Crippen LogP contribution in [0.3, 0.4) is 0 Å². The molecule has 0 amide bonds. The normalized spacial score (nSPS) is 14.5. The monoisotopic (exact) mass is 348 g/mol. The van der Waals surface area contributed by atoms with E-state index in [4.69, 9.17) is 0 Å².